The molecule has 1 aromatic heterocycles. The molecule has 0 saturated carbocycles. The molecule has 0 aliphatic carbocycles. The zero-order valence-corrected chi connectivity index (χ0v) is 14.7. The van der Waals surface area contributed by atoms with Crippen molar-refractivity contribution in [2.75, 3.05) is 26.2 Å². The molecule has 1 fully saturated rings. The molecule has 1 unspecified atom stereocenters. The summed E-state index contributed by atoms with van der Waals surface area (Å²) in [4.78, 5) is 18.8. The first kappa shape index (κ1) is 17.1. The topological polar surface area (TPSA) is 59.4 Å². The van der Waals surface area contributed by atoms with Gasteiger partial charge in [-0.25, -0.2) is 4.98 Å². The van der Waals surface area contributed by atoms with Gasteiger partial charge in [-0.05, 0) is 18.2 Å². The second-order valence-corrected chi connectivity index (χ2v) is 6.47. The molecule has 1 atom stereocenters. The highest BCUT2D eigenvalue weighted by molar-refractivity contribution is 6.34. The van der Waals surface area contributed by atoms with E-state index in [-0.39, 0.29) is 18.6 Å². The Labute approximate surface area is 150 Å². The summed E-state index contributed by atoms with van der Waals surface area (Å²) < 4.78 is 7.50. The molecule has 0 radical (unpaired) electrons. The van der Waals surface area contributed by atoms with Crippen LogP contribution in [-0.4, -0.2) is 46.6 Å². The van der Waals surface area contributed by atoms with Gasteiger partial charge in [0.2, 0.25) is 0 Å². The van der Waals surface area contributed by atoms with Gasteiger partial charge in [0.25, 0.3) is 5.91 Å². The highest BCUT2D eigenvalue weighted by atomic mass is 35.5. The highest BCUT2D eigenvalue weighted by Crippen LogP contribution is 2.25. The summed E-state index contributed by atoms with van der Waals surface area (Å²) in [6.07, 6.45) is 3.61. The first-order chi connectivity index (χ1) is 11.5. The second kappa shape index (κ2) is 7.42. The van der Waals surface area contributed by atoms with E-state index in [2.05, 4.69) is 10.3 Å². The van der Waals surface area contributed by atoms with Crippen molar-refractivity contribution in [2.45, 2.75) is 6.04 Å². The third-order valence-electron chi connectivity index (χ3n) is 3.92. The van der Waals surface area contributed by atoms with Crippen LogP contribution in [0.15, 0.2) is 30.6 Å². The van der Waals surface area contributed by atoms with Crippen molar-refractivity contribution < 1.29 is 9.53 Å². The van der Waals surface area contributed by atoms with Crippen LogP contribution in [0.3, 0.4) is 0 Å². The quantitative estimate of drug-likeness (QED) is 0.899. The molecule has 1 aliphatic rings. The monoisotopic (exact) mass is 368 g/mol. The van der Waals surface area contributed by atoms with E-state index in [9.17, 15) is 4.79 Å². The maximum atomic E-state index is 12.6. The maximum absolute atomic E-state index is 12.6. The van der Waals surface area contributed by atoms with Gasteiger partial charge in [-0.15, -0.1) is 0 Å². The third kappa shape index (κ3) is 3.83. The number of nitrogens with zero attached hydrogens (tertiary/aromatic N) is 3. The molecule has 2 heterocycles. The second-order valence-electron chi connectivity index (χ2n) is 5.60. The fourth-order valence-corrected chi connectivity index (χ4v) is 3.28. The predicted molar refractivity (Wildman–Crippen MR) is 92.5 cm³/mol. The number of carbonyl (C=O) groups excluding carboxylic acids is 1. The summed E-state index contributed by atoms with van der Waals surface area (Å²) >= 11 is 11.9. The standard InChI is InChI=1S/C16H18Cl2N4O2/c1-21-4-3-20-16(21)14-9-19-2-5-22(14)15(23)10-24-13-7-11(17)6-12(18)8-13/h3-4,6-8,14,19H,2,5,9-10H2,1H3. The largest absolute Gasteiger partial charge is 0.484 e. The van der Waals surface area contributed by atoms with Gasteiger partial charge >= 0.3 is 0 Å². The fourth-order valence-electron chi connectivity index (χ4n) is 2.77. The predicted octanol–water partition coefficient (Wildman–Crippen LogP) is 2.28. The molecule has 8 heteroatoms. The molecular weight excluding hydrogens is 351 g/mol. The Kier molecular flexibility index (Phi) is 5.28. The summed E-state index contributed by atoms with van der Waals surface area (Å²) in [6.45, 7) is 1.95. The van der Waals surface area contributed by atoms with Crippen molar-refractivity contribution in [3.05, 3.63) is 46.5 Å². The number of aryl methyl sites for hydroxylation is 1. The number of hydrogen-bond acceptors (Lipinski definition) is 4. The lowest BCUT2D eigenvalue weighted by Gasteiger charge is -2.35. The van der Waals surface area contributed by atoms with E-state index in [4.69, 9.17) is 27.9 Å². The summed E-state index contributed by atoms with van der Waals surface area (Å²) in [6, 6.07) is 4.77. The third-order valence-corrected chi connectivity index (χ3v) is 4.36. The van der Waals surface area contributed by atoms with Crippen LogP contribution in [0.25, 0.3) is 0 Å². The number of amides is 1. The molecule has 1 N–H and O–H groups in total. The average Bonchev–Trinajstić information content (AvgIpc) is 2.97. The molecule has 2 aromatic rings. The zero-order valence-electron chi connectivity index (χ0n) is 13.2. The van der Waals surface area contributed by atoms with E-state index in [0.29, 0.717) is 28.9 Å². The molecule has 6 nitrogen and oxygen atoms in total. The Morgan fingerprint density at radius 3 is 2.79 bits per heavy atom. The lowest BCUT2D eigenvalue weighted by Crippen LogP contribution is -2.50. The van der Waals surface area contributed by atoms with E-state index in [1.807, 2.05) is 17.8 Å². The number of carbonyl (C=O) groups is 1. The van der Waals surface area contributed by atoms with E-state index in [1.54, 1.807) is 29.3 Å². The van der Waals surface area contributed by atoms with Gasteiger partial charge in [0.1, 0.15) is 17.6 Å². The first-order valence-electron chi connectivity index (χ1n) is 7.61. The smallest absolute Gasteiger partial charge is 0.261 e. The van der Waals surface area contributed by atoms with Crippen LogP contribution in [0.5, 0.6) is 5.75 Å². The van der Waals surface area contributed by atoms with Crippen molar-refractivity contribution in [1.82, 2.24) is 19.8 Å². The maximum Gasteiger partial charge on any atom is 0.261 e. The van der Waals surface area contributed by atoms with Crippen LogP contribution in [0.1, 0.15) is 11.9 Å². The minimum Gasteiger partial charge on any atom is -0.484 e. The van der Waals surface area contributed by atoms with Crippen LogP contribution in [0.2, 0.25) is 10.0 Å². The van der Waals surface area contributed by atoms with Crippen molar-refractivity contribution in [1.29, 1.82) is 0 Å². The Bertz CT molecular complexity index is 714. The molecule has 1 saturated heterocycles. The van der Waals surface area contributed by atoms with Crippen molar-refractivity contribution in [2.24, 2.45) is 7.05 Å². The average molecular weight is 369 g/mol. The Morgan fingerprint density at radius 2 is 2.12 bits per heavy atom. The van der Waals surface area contributed by atoms with Gasteiger partial charge in [0.15, 0.2) is 6.61 Å². The van der Waals surface area contributed by atoms with Crippen LogP contribution < -0.4 is 10.1 Å². The van der Waals surface area contributed by atoms with Gasteiger partial charge in [0, 0.05) is 49.1 Å². The van der Waals surface area contributed by atoms with Crippen molar-refractivity contribution in [3.8, 4) is 5.75 Å². The van der Waals surface area contributed by atoms with Gasteiger partial charge < -0.3 is 19.5 Å². The Morgan fingerprint density at radius 1 is 1.38 bits per heavy atom. The lowest BCUT2D eigenvalue weighted by molar-refractivity contribution is -0.137. The number of benzene rings is 1. The van der Waals surface area contributed by atoms with Crippen molar-refractivity contribution in [3.63, 3.8) is 0 Å². The van der Waals surface area contributed by atoms with Crippen LogP contribution in [0.4, 0.5) is 0 Å². The van der Waals surface area contributed by atoms with E-state index in [0.717, 1.165) is 12.4 Å². The lowest BCUT2D eigenvalue weighted by atomic mass is 10.1. The van der Waals surface area contributed by atoms with Crippen molar-refractivity contribution >= 4 is 29.1 Å². The Hall–Kier alpha value is -1.76. The zero-order chi connectivity index (χ0) is 17.1. The molecular formula is C16H18Cl2N4O2. The Balaban J connectivity index is 1.69. The molecule has 3 rings (SSSR count). The highest BCUT2D eigenvalue weighted by Gasteiger charge is 2.30. The molecule has 128 valence electrons. The van der Waals surface area contributed by atoms with Crippen LogP contribution >= 0.6 is 23.2 Å². The summed E-state index contributed by atoms with van der Waals surface area (Å²) in [5, 5.41) is 4.24. The molecule has 0 bridgehead atoms. The number of rotatable bonds is 4. The van der Waals surface area contributed by atoms with E-state index in [1.165, 1.54) is 0 Å². The van der Waals surface area contributed by atoms with Crippen LogP contribution in [0, 0.1) is 0 Å². The van der Waals surface area contributed by atoms with E-state index < -0.39 is 0 Å². The SMILES string of the molecule is Cn1ccnc1C1CNCCN1C(=O)COc1cc(Cl)cc(Cl)c1. The summed E-state index contributed by atoms with van der Waals surface area (Å²) in [5.41, 5.74) is 0. The summed E-state index contributed by atoms with van der Waals surface area (Å²) in [5.74, 6) is 1.23. The number of aromatic nitrogens is 2. The summed E-state index contributed by atoms with van der Waals surface area (Å²) in [7, 11) is 1.92. The molecule has 24 heavy (non-hydrogen) atoms. The number of halogens is 2. The van der Waals surface area contributed by atoms with Gasteiger partial charge in [-0.2, -0.15) is 0 Å². The minimum atomic E-state index is -0.113. The van der Waals surface area contributed by atoms with Gasteiger partial charge in [-0.3, -0.25) is 4.79 Å². The van der Waals surface area contributed by atoms with Gasteiger partial charge in [-0.1, -0.05) is 23.2 Å². The number of piperazine rings is 1. The number of imidazole rings is 1. The van der Waals surface area contributed by atoms with E-state index >= 15 is 0 Å². The fraction of sp³-hybridized carbons (Fsp3) is 0.375. The van der Waals surface area contributed by atoms with Gasteiger partial charge in [0.05, 0.1) is 0 Å². The molecule has 1 amide bonds. The first-order valence-corrected chi connectivity index (χ1v) is 8.36. The number of nitrogens with one attached hydrogen (secondary N) is 1. The molecule has 1 aromatic carbocycles. The normalized spacial score (nSPS) is 17.8. The minimum absolute atomic E-state index is 0.0718. The number of ether oxygens (including phenoxy) is 1. The van der Waals surface area contributed by atoms with Crippen LogP contribution in [-0.2, 0) is 11.8 Å². The number of hydrogen-bond donors (Lipinski definition) is 1. The molecule has 0 spiro atoms. The molecule has 1 aliphatic heterocycles.